The Morgan fingerprint density at radius 2 is 2.21 bits per heavy atom. The van der Waals surface area contributed by atoms with Crippen molar-refractivity contribution in [2.24, 2.45) is 5.92 Å². The number of nitrogens with zero attached hydrogens (tertiary/aromatic N) is 3. The molecule has 6 heteroatoms. The van der Waals surface area contributed by atoms with Crippen LogP contribution in [0.2, 0.25) is 0 Å². The third-order valence-corrected chi connectivity index (χ3v) is 5.59. The quantitative estimate of drug-likeness (QED) is 0.857. The van der Waals surface area contributed by atoms with Crippen molar-refractivity contribution >= 4 is 5.91 Å². The fraction of sp³-hybridized carbons (Fsp3) is 0.667. The SMILES string of the molecule is CC1CC(C(=O)N2C[C@H]3CC[C@@H]2CN(Cc2cccnc2)C3)NN1. The number of carbonyl (C=O) groups excluding carboxylic acids is 1. The minimum atomic E-state index is -0.0638. The standard InChI is InChI=1S/C18H27N5O/c1-13-7-17(21-20-13)18(24)23-11-15-4-5-16(23)12-22(10-15)9-14-3-2-6-19-8-14/h2-3,6,8,13,15-17,20-21H,4-5,7,9-12H2,1H3/t13?,15-,16+,17?/m0/s1. The number of aromatic nitrogens is 1. The van der Waals surface area contributed by atoms with Gasteiger partial charge in [0.1, 0.15) is 6.04 Å². The molecule has 0 saturated carbocycles. The van der Waals surface area contributed by atoms with Gasteiger partial charge in [-0.2, -0.15) is 0 Å². The maximum atomic E-state index is 12.9. The monoisotopic (exact) mass is 329 g/mol. The van der Waals surface area contributed by atoms with Crippen LogP contribution in [0.5, 0.6) is 0 Å². The largest absolute Gasteiger partial charge is 0.337 e. The van der Waals surface area contributed by atoms with E-state index in [0.717, 1.165) is 39.0 Å². The zero-order chi connectivity index (χ0) is 16.5. The zero-order valence-corrected chi connectivity index (χ0v) is 14.3. The molecule has 0 spiro atoms. The lowest BCUT2D eigenvalue weighted by molar-refractivity contribution is -0.137. The van der Waals surface area contributed by atoms with Gasteiger partial charge in [-0.25, -0.2) is 5.43 Å². The van der Waals surface area contributed by atoms with Crippen LogP contribution in [0.3, 0.4) is 0 Å². The molecule has 4 aliphatic rings. The molecule has 4 aliphatic heterocycles. The number of hydrogen-bond donors (Lipinski definition) is 2. The Kier molecular flexibility index (Phi) is 4.52. The van der Waals surface area contributed by atoms with Crippen LogP contribution >= 0.6 is 0 Å². The van der Waals surface area contributed by atoms with E-state index in [2.05, 4.69) is 38.6 Å². The van der Waals surface area contributed by atoms with Gasteiger partial charge in [0.15, 0.2) is 0 Å². The van der Waals surface area contributed by atoms with Crippen LogP contribution in [0.15, 0.2) is 24.5 Å². The van der Waals surface area contributed by atoms with Gasteiger partial charge in [-0.15, -0.1) is 0 Å². The van der Waals surface area contributed by atoms with E-state index in [4.69, 9.17) is 0 Å². The highest BCUT2D eigenvalue weighted by molar-refractivity contribution is 5.82. The zero-order valence-electron chi connectivity index (χ0n) is 14.3. The maximum absolute atomic E-state index is 12.9. The first kappa shape index (κ1) is 16.0. The summed E-state index contributed by atoms with van der Waals surface area (Å²) >= 11 is 0. The second-order valence-corrected chi connectivity index (χ2v) is 7.62. The van der Waals surface area contributed by atoms with Crippen molar-refractivity contribution < 1.29 is 4.79 Å². The number of hydrogen-bond acceptors (Lipinski definition) is 5. The number of pyridine rings is 1. The highest BCUT2D eigenvalue weighted by atomic mass is 16.2. The van der Waals surface area contributed by atoms with Gasteiger partial charge in [0.2, 0.25) is 5.91 Å². The normalized spacial score (nSPS) is 33.6. The molecule has 4 atom stereocenters. The van der Waals surface area contributed by atoms with E-state index in [-0.39, 0.29) is 11.9 Å². The number of hydrazine groups is 1. The van der Waals surface area contributed by atoms with Gasteiger partial charge in [-0.1, -0.05) is 6.07 Å². The van der Waals surface area contributed by atoms with Crippen LogP contribution in [0.1, 0.15) is 31.7 Å². The summed E-state index contributed by atoms with van der Waals surface area (Å²) in [7, 11) is 0. The molecular formula is C18H27N5O. The average Bonchev–Trinajstić information content (AvgIpc) is 2.84. The summed E-state index contributed by atoms with van der Waals surface area (Å²) in [6, 6.07) is 4.79. The van der Waals surface area contributed by atoms with E-state index < -0.39 is 0 Å². The van der Waals surface area contributed by atoms with Crippen LogP contribution in [-0.4, -0.2) is 58.5 Å². The van der Waals surface area contributed by atoms with E-state index >= 15 is 0 Å². The van der Waals surface area contributed by atoms with Crippen molar-refractivity contribution in [3.05, 3.63) is 30.1 Å². The number of amides is 1. The Morgan fingerprint density at radius 1 is 1.29 bits per heavy atom. The Bertz CT molecular complexity index is 580. The summed E-state index contributed by atoms with van der Waals surface area (Å²) < 4.78 is 0. The number of carbonyl (C=O) groups is 1. The smallest absolute Gasteiger partial charge is 0.241 e. The van der Waals surface area contributed by atoms with Gasteiger partial charge >= 0.3 is 0 Å². The van der Waals surface area contributed by atoms with Gasteiger partial charge < -0.3 is 4.90 Å². The van der Waals surface area contributed by atoms with Gasteiger partial charge in [0, 0.05) is 50.7 Å². The van der Waals surface area contributed by atoms with E-state index in [1.807, 2.05) is 18.5 Å². The molecule has 0 aromatic carbocycles. The van der Waals surface area contributed by atoms with E-state index in [1.54, 1.807) is 0 Å². The second-order valence-electron chi connectivity index (χ2n) is 7.62. The Hall–Kier alpha value is -1.50. The van der Waals surface area contributed by atoms with Gasteiger partial charge in [-0.05, 0) is 43.7 Å². The molecule has 24 heavy (non-hydrogen) atoms. The summed E-state index contributed by atoms with van der Waals surface area (Å²) in [5.74, 6) is 0.876. The van der Waals surface area contributed by atoms with Crippen molar-refractivity contribution in [3.63, 3.8) is 0 Å². The molecule has 130 valence electrons. The fourth-order valence-corrected chi connectivity index (χ4v) is 4.40. The highest BCUT2D eigenvalue weighted by Gasteiger charge is 2.40. The maximum Gasteiger partial charge on any atom is 0.241 e. The highest BCUT2D eigenvalue weighted by Crippen LogP contribution is 2.29. The van der Waals surface area contributed by atoms with Gasteiger partial charge in [-0.3, -0.25) is 20.1 Å². The third-order valence-electron chi connectivity index (χ3n) is 5.59. The molecule has 1 amide bonds. The van der Waals surface area contributed by atoms with E-state index in [0.29, 0.717) is 18.0 Å². The first-order chi connectivity index (χ1) is 11.7. The topological polar surface area (TPSA) is 60.5 Å². The molecule has 2 bridgehead atoms. The molecule has 5 rings (SSSR count). The molecule has 5 heterocycles. The summed E-state index contributed by atoms with van der Waals surface area (Å²) in [4.78, 5) is 21.8. The van der Waals surface area contributed by atoms with Gasteiger partial charge in [0.05, 0.1) is 0 Å². The molecule has 4 saturated heterocycles. The first-order valence-corrected chi connectivity index (χ1v) is 9.12. The lowest BCUT2D eigenvalue weighted by Crippen LogP contribution is -2.53. The number of piperidine rings is 1. The van der Waals surface area contributed by atoms with Crippen molar-refractivity contribution in [2.75, 3.05) is 19.6 Å². The summed E-state index contributed by atoms with van der Waals surface area (Å²) in [5, 5.41) is 0. The predicted molar refractivity (Wildman–Crippen MR) is 91.9 cm³/mol. The Balaban J connectivity index is 1.44. The van der Waals surface area contributed by atoms with Crippen LogP contribution in [0.4, 0.5) is 0 Å². The lowest BCUT2D eigenvalue weighted by Gasteiger charge is -2.37. The van der Waals surface area contributed by atoms with Crippen LogP contribution in [0.25, 0.3) is 0 Å². The minimum absolute atomic E-state index is 0.0638. The van der Waals surface area contributed by atoms with Crippen molar-refractivity contribution in [1.82, 2.24) is 25.6 Å². The summed E-state index contributed by atoms with van der Waals surface area (Å²) in [6.45, 7) is 6.03. The number of nitrogens with one attached hydrogen (secondary N) is 2. The van der Waals surface area contributed by atoms with Crippen LogP contribution in [0, 0.1) is 5.92 Å². The molecule has 6 nitrogen and oxygen atoms in total. The summed E-state index contributed by atoms with van der Waals surface area (Å²) in [5.41, 5.74) is 7.60. The molecule has 4 fully saturated rings. The Labute approximate surface area is 143 Å². The molecule has 1 aromatic heterocycles. The van der Waals surface area contributed by atoms with Gasteiger partial charge in [0.25, 0.3) is 0 Å². The molecule has 0 aliphatic carbocycles. The summed E-state index contributed by atoms with van der Waals surface area (Å²) in [6.07, 6.45) is 7.03. The lowest BCUT2D eigenvalue weighted by atomic mass is 9.94. The van der Waals surface area contributed by atoms with Crippen molar-refractivity contribution in [1.29, 1.82) is 0 Å². The van der Waals surface area contributed by atoms with Crippen LogP contribution < -0.4 is 10.9 Å². The molecule has 1 aromatic rings. The molecular weight excluding hydrogens is 302 g/mol. The first-order valence-electron chi connectivity index (χ1n) is 9.12. The third kappa shape index (κ3) is 3.31. The Morgan fingerprint density at radius 3 is 2.96 bits per heavy atom. The second kappa shape index (κ2) is 6.78. The fourth-order valence-electron chi connectivity index (χ4n) is 4.40. The van der Waals surface area contributed by atoms with E-state index in [9.17, 15) is 4.79 Å². The van der Waals surface area contributed by atoms with Crippen molar-refractivity contribution in [2.45, 2.75) is 50.9 Å². The number of fused-ring (bicyclic) bond motifs is 4. The van der Waals surface area contributed by atoms with Crippen LogP contribution in [-0.2, 0) is 11.3 Å². The molecule has 2 unspecified atom stereocenters. The number of rotatable bonds is 3. The predicted octanol–water partition coefficient (Wildman–Crippen LogP) is 0.759. The average molecular weight is 329 g/mol. The molecule has 2 N–H and O–H groups in total. The van der Waals surface area contributed by atoms with Crippen molar-refractivity contribution in [3.8, 4) is 0 Å². The van der Waals surface area contributed by atoms with E-state index in [1.165, 1.54) is 12.0 Å². The minimum Gasteiger partial charge on any atom is -0.337 e. The molecule has 0 radical (unpaired) electrons.